The maximum atomic E-state index is 12.2. The number of hydrogen-bond acceptors (Lipinski definition) is 3. The molecule has 110 valence electrons. The van der Waals surface area contributed by atoms with Crippen molar-refractivity contribution < 1.29 is 14.3 Å². The Balaban J connectivity index is 1.83. The Labute approximate surface area is 124 Å². The van der Waals surface area contributed by atoms with Crippen molar-refractivity contribution >= 4 is 18.5 Å². The Hall–Kier alpha value is -1.74. The number of benzene rings is 2. The van der Waals surface area contributed by atoms with E-state index >= 15 is 0 Å². The van der Waals surface area contributed by atoms with Crippen LogP contribution in [0.3, 0.4) is 0 Å². The highest BCUT2D eigenvalue weighted by Crippen LogP contribution is 2.38. The molecular weight excluding hydrogens is 285 g/mol. The highest BCUT2D eigenvalue weighted by molar-refractivity contribution is 7.66. The van der Waals surface area contributed by atoms with Crippen LogP contribution < -0.4 is 10.6 Å². The zero-order valence-electron chi connectivity index (χ0n) is 11.6. The number of carbonyl (C=O) groups is 1. The van der Waals surface area contributed by atoms with Crippen LogP contribution >= 0.6 is 7.37 Å². The normalized spacial score (nSPS) is 13.6. The fraction of sp³-hybridized carbons (Fsp3) is 0.188. The molecule has 0 bridgehead atoms. The molecule has 2 rings (SSSR count). The SMILES string of the molecule is O=C(CNCc1ccccc1)CP(=O)(O)c1ccccc1. The quantitative estimate of drug-likeness (QED) is 0.767. The van der Waals surface area contributed by atoms with Gasteiger partial charge in [0.15, 0.2) is 5.78 Å². The first kappa shape index (κ1) is 15.6. The van der Waals surface area contributed by atoms with E-state index in [1.54, 1.807) is 30.3 Å². The van der Waals surface area contributed by atoms with E-state index in [0.29, 0.717) is 11.8 Å². The minimum absolute atomic E-state index is 0.0896. The van der Waals surface area contributed by atoms with Gasteiger partial charge in [-0.05, 0) is 17.7 Å². The molecule has 0 spiro atoms. The molecule has 0 fully saturated rings. The van der Waals surface area contributed by atoms with Gasteiger partial charge in [0.25, 0.3) is 0 Å². The first-order chi connectivity index (χ1) is 10.1. The van der Waals surface area contributed by atoms with Crippen molar-refractivity contribution in [2.24, 2.45) is 0 Å². The number of Topliss-reactive ketones (excluding diaryl/α,β-unsaturated/α-hetero) is 1. The van der Waals surface area contributed by atoms with Crippen molar-refractivity contribution in [2.75, 3.05) is 12.7 Å². The van der Waals surface area contributed by atoms with Crippen LogP contribution in [0.1, 0.15) is 5.56 Å². The Morgan fingerprint density at radius 2 is 1.57 bits per heavy atom. The van der Waals surface area contributed by atoms with Crippen molar-refractivity contribution in [3.05, 3.63) is 66.2 Å². The van der Waals surface area contributed by atoms with Gasteiger partial charge in [0.1, 0.15) is 0 Å². The second-order valence-corrected chi connectivity index (χ2v) is 7.06. The van der Waals surface area contributed by atoms with E-state index in [4.69, 9.17) is 0 Å². The summed E-state index contributed by atoms with van der Waals surface area (Å²) in [5, 5.41) is 3.31. The van der Waals surface area contributed by atoms with E-state index in [0.717, 1.165) is 5.56 Å². The van der Waals surface area contributed by atoms with Crippen LogP contribution in [0.25, 0.3) is 0 Å². The van der Waals surface area contributed by atoms with Gasteiger partial charge in [-0.25, -0.2) is 0 Å². The molecule has 0 amide bonds. The van der Waals surface area contributed by atoms with Gasteiger partial charge in [0.05, 0.1) is 12.7 Å². The third-order valence-corrected chi connectivity index (χ3v) is 4.93. The fourth-order valence-electron chi connectivity index (χ4n) is 1.99. The van der Waals surface area contributed by atoms with Gasteiger partial charge >= 0.3 is 0 Å². The minimum Gasteiger partial charge on any atom is -0.341 e. The van der Waals surface area contributed by atoms with Crippen LogP contribution in [-0.2, 0) is 15.9 Å². The van der Waals surface area contributed by atoms with Crippen LogP contribution in [0.5, 0.6) is 0 Å². The lowest BCUT2D eigenvalue weighted by Crippen LogP contribution is -2.26. The summed E-state index contributed by atoms with van der Waals surface area (Å²) >= 11 is 0. The first-order valence-electron chi connectivity index (χ1n) is 6.72. The molecule has 0 aliphatic heterocycles. The lowest BCUT2D eigenvalue weighted by molar-refractivity contribution is -0.116. The van der Waals surface area contributed by atoms with Gasteiger partial charge in [-0.1, -0.05) is 48.5 Å². The molecule has 0 saturated heterocycles. The predicted molar refractivity (Wildman–Crippen MR) is 83.9 cm³/mol. The zero-order valence-corrected chi connectivity index (χ0v) is 12.5. The number of hydrogen-bond donors (Lipinski definition) is 2. The summed E-state index contributed by atoms with van der Waals surface area (Å²) < 4.78 is 12.2. The second-order valence-electron chi connectivity index (χ2n) is 4.82. The minimum atomic E-state index is -3.60. The molecule has 0 radical (unpaired) electrons. The number of rotatable bonds is 7. The molecule has 0 saturated carbocycles. The van der Waals surface area contributed by atoms with Gasteiger partial charge in [0.2, 0.25) is 7.37 Å². The lowest BCUT2D eigenvalue weighted by Gasteiger charge is -2.11. The fourth-order valence-corrected chi connectivity index (χ4v) is 3.40. The van der Waals surface area contributed by atoms with Crippen LogP contribution in [0.15, 0.2) is 60.7 Å². The highest BCUT2D eigenvalue weighted by atomic mass is 31.2. The van der Waals surface area contributed by atoms with E-state index in [1.165, 1.54) is 0 Å². The summed E-state index contributed by atoms with van der Waals surface area (Å²) in [7, 11) is -3.60. The number of nitrogens with one attached hydrogen (secondary N) is 1. The summed E-state index contributed by atoms with van der Waals surface area (Å²) in [6, 6.07) is 18.0. The Kier molecular flexibility index (Phi) is 5.45. The van der Waals surface area contributed by atoms with Crippen molar-refractivity contribution in [3.8, 4) is 0 Å². The van der Waals surface area contributed by atoms with Crippen LogP contribution in [0, 0.1) is 0 Å². The van der Waals surface area contributed by atoms with E-state index < -0.39 is 7.37 Å². The molecule has 0 aliphatic rings. The Morgan fingerprint density at radius 3 is 2.19 bits per heavy atom. The molecule has 0 aromatic heterocycles. The van der Waals surface area contributed by atoms with E-state index in [-0.39, 0.29) is 18.5 Å². The van der Waals surface area contributed by atoms with E-state index in [1.807, 2.05) is 30.3 Å². The molecule has 1 unspecified atom stereocenters. The van der Waals surface area contributed by atoms with Gasteiger partial charge in [-0.15, -0.1) is 0 Å². The summed E-state index contributed by atoms with van der Waals surface area (Å²) in [6.45, 7) is 0.653. The second kappa shape index (κ2) is 7.32. The van der Waals surface area contributed by atoms with Gasteiger partial charge in [0, 0.05) is 11.8 Å². The average molecular weight is 303 g/mol. The summed E-state index contributed by atoms with van der Waals surface area (Å²) in [4.78, 5) is 21.8. The summed E-state index contributed by atoms with van der Waals surface area (Å²) in [6.07, 6.45) is -0.335. The first-order valence-corrected chi connectivity index (χ1v) is 8.56. The molecule has 21 heavy (non-hydrogen) atoms. The van der Waals surface area contributed by atoms with Crippen molar-refractivity contribution in [1.29, 1.82) is 0 Å². The summed E-state index contributed by atoms with van der Waals surface area (Å²) in [5.41, 5.74) is 1.07. The van der Waals surface area contributed by atoms with Crippen molar-refractivity contribution in [1.82, 2.24) is 5.32 Å². The monoisotopic (exact) mass is 303 g/mol. The molecule has 1 atom stereocenters. The van der Waals surface area contributed by atoms with Crippen LogP contribution in [0.2, 0.25) is 0 Å². The Morgan fingerprint density at radius 1 is 1.00 bits per heavy atom. The molecule has 4 nitrogen and oxygen atoms in total. The van der Waals surface area contributed by atoms with Crippen LogP contribution in [-0.4, -0.2) is 23.4 Å². The maximum absolute atomic E-state index is 12.2. The Bertz CT molecular complexity index is 628. The molecule has 2 aromatic carbocycles. The zero-order chi connectivity index (χ0) is 15.1. The molecule has 2 aromatic rings. The topological polar surface area (TPSA) is 66.4 Å². The maximum Gasteiger partial charge on any atom is 0.236 e. The van der Waals surface area contributed by atoms with Crippen molar-refractivity contribution in [3.63, 3.8) is 0 Å². The standard InChI is InChI=1S/C16H18NO3P/c18-15(12-17-11-14-7-3-1-4-8-14)13-21(19,20)16-9-5-2-6-10-16/h1-10,17H,11-13H2,(H,19,20). The van der Waals surface area contributed by atoms with Gasteiger partial charge in [-0.3, -0.25) is 9.36 Å². The summed E-state index contributed by atoms with van der Waals surface area (Å²) in [5.74, 6) is -0.263. The van der Waals surface area contributed by atoms with Crippen LogP contribution in [0.4, 0.5) is 0 Å². The predicted octanol–water partition coefficient (Wildman–Crippen LogP) is 1.94. The third-order valence-electron chi connectivity index (χ3n) is 3.04. The average Bonchev–Trinajstić information content (AvgIpc) is 2.49. The van der Waals surface area contributed by atoms with Crippen molar-refractivity contribution in [2.45, 2.75) is 6.54 Å². The molecule has 2 N–H and O–H groups in total. The lowest BCUT2D eigenvalue weighted by atomic mass is 10.2. The number of carbonyl (C=O) groups excluding carboxylic acids is 1. The number of ketones is 1. The smallest absolute Gasteiger partial charge is 0.236 e. The third kappa shape index (κ3) is 4.94. The van der Waals surface area contributed by atoms with E-state index in [9.17, 15) is 14.3 Å². The van der Waals surface area contributed by atoms with E-state index in [2.05, 4.69) is 5.32 Å². The highest BCUT2D eigenvalue weighted by Gasteiger charge is 2.24. The molecule has 0 aliphatic carbocycles. The largest absolute Gasteiger partial charge is 0.341 e. The van der Waals surface area contributed by atoms with Gasteiger partial charge in [-0.2, -0.15) is 0 Å². The molecular formula is C16H18NO3P. The van der Waals surface area contributed by atoms with Gasteiger partial charge < -0.3 is 10.2 Å². The molecule has 5 heteroatoms. The molecule has 0 heterocycles.